The molecule has 2 N–H and O–H groups in total. The Bertz CT molecular complexity index is 332. The smallest absolute Gasteiger partial charge is 0.407 e. The van der Waals surface area contributed by atoms with E-state index in [-0.39, 0.29) is 6.09 Å². The molecule has 4 heteroatoms. The fourth-order valence-electron chi connectivity index (χ4n) is 5.17. The Morgan fingerprint density at radius 3 is 2.20 bits per heavy atom. The number of alkyl carbamates (subject to hydrolysis) is 1. The lowest BCUT2D eigenvalue weighted by Crippen LogP contribution is -3.06. The predicted molar refractivity (Wildman–Crippen MR) is 77.6 cm³/mol. The summed E-state index contributed by atoms with van der Waals surface area (Å²) in [5.41, 5.74) is 0.403. The quantitative estimate of drug-likeness (QED) is 0.792. The van der Waals surface area contributed by atoms with E-state index in [0.717, 1.165) is 30.8 Å². The molecule has 0 unspecified atom stereocenters. The van der Waals surface area contributed by atoms with Crippen molar-refractivity contribution in [3.8, 4) is 0 Å². The molecule has 4 aliphatic rings. The lowest BCUT2D eigenvalue weighted by Gasteiger charge is -2.56. The SMILES string of the molecule is C[NH+](C)CCOC(=O)NCC12CC3CC(CC(C3)C1)C2. The Morgan fingerprint density at radius 1 is 1.15 bits per heavy atom. The van der Waals surface area contributed by atoms with Gasteiger partial charge in [0, 0.05) is 6.54 Å². The third kappa shape index (κ3) is 3.11. The first-order chi connectivity index (χ1) is 9.55. The normalized spacial score (nSPS) is 38.2. The maximum atomic E-state index is 11.8. The highest BCUT2D eigenvalue weighted by Gasteiger charge is 2.50. The Hall–Kier alpha value is -0.770. The highest BCUT2D eigenvalue weighted by molar-refractivity contribution is 5.67. The van der Waals surface area contributed by atoms with Gasteiger partial charge in [0.25, 0.3) is 0 Å². The van der Waals surface area contributed by atoms with Crippen molar-refractivity contribution in [3.05, 3.63) is 0 Å². The van der Waals surface area contributed by atoms with E-state index in [1.54, 1.807) is 0 Å². The van der Waals surface area contributed by atoms with E-state index in [0.29, 0.717) is 12.0 Å². The van der Waals surface area contributed by atoms with Gasteiger partial charge in [-0.05, 0) is 61.7 Å². The molecular weight excluding hydrogens is 252 g/mol. The maximum Gasteiger partial charge on any atom is 0.407 e. The molecule has 4 fully saturated rings. The fraction of sp³-hybridized carbons (Fsp3) is 0.938. The van der Waals surface area contributed by atoms with Crippen molar-refractivity contribution in [2.45, 2.75) is 38.5 Å². The Labute approximate surface area is 122 Å². The molecule has 0 saturated heterocycles. The van der Waals surface area contributed by atoms with Gasteiger partial charge in [0.1, 0.15) is 13.2 Å². The van der Waals surface area contributed by atoms with Crippen LogP contribution < -0.4 is 10.2 Å². The Balaban J connectivity index is 1.45. The van der Waals surface area contributed by atoms with Crippen molar-refractivity contribution in [2.24, 2.45) is 23.2 Å². The second-order valence-electron chi connectivity index (χ2n) is 7.86. The van der Waals surface area contributed by atoms with Crippen molar-refractivity contribution < 1.29 is 14.4 Å². The summed E-state index contributed by atoms with van der Waals surface area (Å²) in [7, 11) is 4.13. The Kier molecular flexibility index (Phi) is 3.93. The molecule has 114 valence electrons. The highest BCUT2D eigenvalue weighted by atomic mass is 16.5. The van der Waals surface area contributed by atoms with Crippen LogP contribution in [0.25, 0.3) is 0 Å². The standard InChI is InChI=1S/C16H28N2O2/c1-18(2)3-4-20-15(19)17-11-16-8-12-5-13(9-16)7-14(6-12)10-16/h12-14H,3-11H2,1-2H3,(H,17,19)/p+1. The lowest BCUT2D eigenvalue weighted by atomic mass is 9.49. The monoisotopic (exact) mass is 281 g/mol. The van der Waals surface area contributed by atoms with Crippen LogP contribution in [0.4, 0.5) is 4.79 Å². The molecule has 4 aliphatic carbocycles. The highest BCUT2D eigenvalue weighted by Crippen LogP contribution is 2.59. The summed E-state index contributed by atoms with van der Waals surface area (Å²) in [5.74, 6) is 2.82. The topological polar surface area (TPSA) is 42.8 Å². The number of hydrogen-bond acceptors (Lipinski definition) is 2. The first-order valence-electron chi connectivity index (χ1n) is 8.24. The van der Waals surface area contributed by atoms with Gasteiger partial charge in [-0.2, -0.15) is 0 Å². The van der Waals surface area contributed by atoms with Crippen molar-refractivity contribution in [3.63, 3.8) is 0 Å². The molecule has 1 amide bonds. The summed E-state index contributed by atoms with van der Waals surface area (Å²) >= 11 is 0. The van der Waals surface area contributed by atoms with Gasteiger partial charge in [0.2, 0.25) is 0 Å². The summed E-state index contributed by atoms with van der Waals surface area (Å²) in [6.07, 6.45) is 8.14. The third-order valence-electron chi connectivity index (χ3n) is 5.61. The summed E-state index contributed by atoms with van der Waals surface area (Å²) in [4.78, 5) is 13.1. The van der Waals surface area contributed by atoms with E-state index in [1.807, 2.05) is 0 Å². The number of carbonyl (C=O) groups is 1. The van der Waals surface area contributed by atoms with E-state index >= 15 is 0 Å². The summed E-state index contributed by atoms with van der Waals surface area (Å²) in [5, 5.41) is 3.04. The minimum absolute atomic E-state index is 0.220. The van der Waals surface area contributed by atoms with Crippen LogP contribution >= 0.6 is 0 Å². The number of ether oxygens (including phenoxy) is 1. The van der Waals surface area contributed by atoms with Gasteiger partial charge < -0.3 is 15.0 Å². The van der Waals surface area contributed by atoms with Crippen LogP contribution in [-0.2, 0) is 4.74 Å². The van der Waals surface area contributed by atoms with Crippen LogP contribution in [0.3, 0.4) is 0 Å². The molecule has 4 bridgehead atoms. The molecule has 0 aromatic rings. The largest absolute Gasteiger partial charge is 0.444 e. The van der Waals surface area contributed by atoms with Crippen molar-refractivity contribution in [1.82, 2.24) is 5.32 Å². The zero-order valence-electron chi connectivity index (χ0n) is 12.9. The van der Waals surface area contributed by atoms with Gasteiger partial charge in [-0.25, -0.2) is 4.79 Å². The molecule has 4 rings (SSSR count). The molecule has 0 atom stereocenters. The molecule has 0 heterocycles. The molecule has 0 aliphatic heterocycles. The minimum atomic E-state index is -0.220. The number of rotatable bonds is 5. The van der Waals surface area contributed by atoms with Gasteiger partial charge in [-0.3, -0.25) is 0 Å². The number of hydrogen-bond donors (Lipinski definition) is 2. The Morgan fingerprint density at radius 2 is 1.70 bits per heavy atom. The van der Waals surface area contributed by atoms with Gasteiger partial charge in [-0.1, -0.05) is 0 Å². The summed E-state index contributed by atoms with van der Waals surface area (Å²) in [6.45, 7) is 2.21. The third-order valence-corrected chi connectivity index (χ3v) is 5.61. The van der Waals surface area contributed by atoms with Crippen LogP contribution in [0.1, 0.15) is 38.5 Å². The number of quaternary nitrogens is 1. The average molecular weight is 281 g/mol. The first-order valence-corrected chi connectivity index (χ1v) is 8.24. The molecule has 4 nitrogen and oxygen atoms in total. The van der Waals surface area contributed by atoms with Crippen LogP contribution in [0, 0.1) is 23.2 Å². The molecule has 20 heavy (non-hydrogen) atoms. The average Bonchev–Trinajstić information content (AvgIpc) is 2.34. The molecule has 0 aromatic carbocycles. The van der Waals surface area contributed by atoms with Crippen molar-refractivity contribution >= 4 is 6.09 Å². The molecule has 0 radical (unpaired) electrons. The van der Waals surface area contributed by atoms with Crippen LogP contribution in [0.15, 0.2) is 0 Å². The van der Waals surface area contributed by atoms with Gasteiger partial charge >= 0.3 is 6.09 Å². The zero-order chi connectivity index (χ0) is 14.2. The maximum absolute atomic E-state index is 11.8. The molecule has 4 saturated carbocycles. The number of carbonyl (C=O) groups excluding carboxylic acids is 1. The number of amides is 1. The van der Waals surface area contributed by atoms with E-state index in [2.05, 4.69) is 19.4 Å². The van der Waals surface area contributed by atoms with Crippen LogP contribution in [0.5, 0.6) is 0 Å². The molecular formula is C16H29N2O2+. The van der Waals surface area contributed by atoms with E-state index in [4.69, 9.17) is 4.74 Å². The fourth-order valence-corrected chi connectivity index (χ4v) is 5.17. The van der Waals surface area contributed by atoms with E-state index < -0.39 is 0 Å². The van der Waals surface area contributed by atoms with E-state index in [1.165, 1.54) is 43.4 Å². The van der Waals surface area contributed by atoms with Crippen molar-refractivity contribution in [2.75, 3.05) is 33.8 Å². The minimum Gasteiger partial charge on any atom is -0.444 e. The van der Waals surface area contributed by atoms with Crippen LogP contribution in [0.2, 0.25) is 0 Å². The lowest BCUT2D eigenvalue weighted by molar-refractivity contribution is -0.858. The summed E-state index contributed by atoms with van der Waals surface area (Å²) in [6, 6.07) is 0. The summed E-state index contributed by atoms with van der Waals surface area (Å²) < 4.78 is 5.25. The van der Waals surface area contributed by atoms with Gasteiger partial charge in [-0.15, -0.1) is 0 Å². The second-order valence-corrected chi connectivity index (χ2v) is 7.86. The molecule has 0 spiro atoms. The van der Waals surface area contributed by atoms with Crippen molar-refractivity contribution in [1.29, 1.82) is 0 Å². The number of nitrogens with one attached hydrogen (secondary N) is 2. The van der Waals surface area contributed by atoms with E-state index in [9.17, 15) is 4.79 Å². The first kappa shape index (κ1) is 14.2. The van der Waals surface area contributed by atoms with Gasteiger partial charge in [0.05, 0.1) is 14.1 Å². The van der Waals surface area contributed by atoms with Crippen LogP contribution in [-0.4, -0.2) is 39.9 Å². The van der Waals surface area contributed by atoms with Gasteiger partial charge in [0.15, 0.2) is 0 Å². The predicted octanol–water partition coefficient (Wildman–Crippen LogP) is 1.07. The second kappa shape index (κ2) is 5.55. The zero-order valence-corrected chi connectivity index (χ0v) is 12.9. The molecule has 0 aromatic heterocycles. The number of likely N-dealkylation sites (N-methyl/N-ethyl adjacent to an activating group) is 1.